The number of piperidine rings is 1. The molecule has 2 aromatic rings. The minimum Gasteiger partial charge on any atom is -0.508 e. The van der Waals surface area contributed by atoms with Crippen molar-refractivity contribution >= 4 is 5.91 Å². The molecule has 1 aromatic carbocycles. The van der Waals surface area contributed by atoms with Gasteiger partial charge in [-0.2, -0.15) is 0 Å². The van der Waals surface area contributed by atoms with Crippen LogP contribution in [0.25, 0.3) is 0 Å². The van der Waals surface area contributed by atoms with Crippen molar-refractivity contribution < 1.29 is 9.90 Å². The Hall–Kier alpha value is -2.34. The fraction of sp³-hybridized carbons (Fsp3) is 0.500. The van der Waals surface area contributed by atoms with Gasteiger partial charge < -0.3 is 20.3 Å². The number of phenolic OH excluding ortho intramolecular Hbond substituents is 1. The average Bonchev–Trinajstić information content (AvgIpc) is 2.99. The third-order valence-electron chi connectivity index (χ3n) is 5.70. The zero-order valence-electron chi connectivity index (χ0n) is 15.4. The van der Waals surface area contributed by atoms with Crippen molar-refractivity contribution in [3.63, 3.8) is 0 Å². The summed E-state index contributed by atoms with van der Waals surface area (Å²) < 4.78 is 0. The fourth-order valence-corrected chi connectivity index (χ4v) is 4.09. The largest absolute Gasteiger partial charge is 0.508 e. The Morgan fingerprint density at radius 2 is 2.12 bits per heavy atom. The van der Waals surface area contributed by atoms with Gasteiger partial charge in [0.1, 0.15) is 11.6 Å². The Morgan fingerprint density at radius 3 is 2.88 bits per heavy atom. The van der Waals surface area contributed by atoms with Crippen molar-refractivity contribution in [3.8, 4) is 5.75 Å². The van der Waals surface area contributed by atoms with Crippen molar-refractivity contribution in [3.05, 3.63) is 46.5 Å². The van der Waals surface area contributed by atoms with Crippen molar-refractivity contribution in [2.75, 3.05) is 6.54 Å². The van der Waals surface area contributed by atoms with Gasteiger partial charge in [-0.15, -0.1) is 0 Å². The molecule has 26 heavy (non-hydrogen) atoms. The van der Waals surface area contributed by atoms with E-state index in [1.165, 1.54) is 0 Å². The van der Waals surface area contributed by atoms with Gasteiger partial charge in [-0.1, -0.05) is 6.07 Å². The second-order valence-corrected chi connectivity index (χ2v) is 7.47. The molecule has 138 valence electrons. The van der Waals surface area contributed by atoms with E-state index >= 15 is 0 Å². The zero-order valence-corrected chi connectivity index (χ0v) is 15.4. The second-order valence-electron chi connectivity index (χ2n) is 7.47. The van der Waals surface area contributed by atoms with Crippen LogP contribution in [0.4, 0.5) is 0 Å². The monoisotopic (exact) mass is 354 g/mol. The number of aromatic hydroxyl groups is 1. The highest BCUT2D eigenvalue weighted by Gasteiger charge is 2.35. The van der Waals surface area contributed by atoms with E-state index in [0.717, 1.165) is 54.1 Å². The molecule has 1 amide bonds. The third-order valence-corrected chi connectivity index (χ3v) is 5.70. The van der Waals surface area contributed by atoms with E-state index in [1.54, 1.807) is 12.1 Å². The molecule has 6 heteroatoms. The topological polar surface area (TPSA) is 81.2 Å². The van der Waals surface area contributed by atoms with Crippen LogP contribution in [0.15, 0.2) is 18.2 Å². The summed E-state index contributed by atoms with van der Waals surface area (Å²) >= 11 is 0. The summed E-state index contributed by atoms with van der Waals surface area (Å²) in [6, 6.07) is 5.22. The van der Waals surface area contributed by atoms with Gasteiger partial charge in [0, 0.05) is 18.8 Å². The van der Waals surface area contributed by atoms with Crippen LogP contribution in [-0.2, 0) is 17.8 Å². The van der Waals surface area contributed by atoms with Crippen molar-refractivity contribution in [2.24, 2.45) is 0 Å². The first kappa shape index (κ1) is 17.1. The second kappa shape index (κ2) is 6.76. The highest BCUT2D eigenvalue weighted by molar-refractivity contribution is 5.83. The number of amides is 1. The number of aromatic nitrogens is 2. The van der Waals surface area contributed by atoms with Gasteiger partial charge >= 0.3 is 0 Å². The average molecular weight is 354 g/mol. The minimum absolute atomic E-state index is 0.0339. The van der Waals surface area contributed by atoms with Crippen molar-refractivity contribution in [1.82, 2.24) is 20.2 Å². The number of nitrogens with one attached hydrogen (secondary N) is 2. The maximum atomic E-state index is 13.3. The number of aromatic amines is 1. The molecule has 0 bridgehead atoms. The molecule has 2 aliphatic rings. The lowest BCUT2D eigenvalue weighted by Gasteiger charge is -2.38. The number of carbonyl (C=O) groups excluding carboxylic acids is 1. The van der Waals surface area contributed by atoms with E-state index in [9.17, 15) is 9.90 Å². The summed E-state index contributed by atoms with van der Waals surface area (Å²) in [4.78, 5) is 23.3. The van der Waals surface area contributed by atoms with Crippen LogP contribution in [0.2, 0.25) is 0 Å². The summed E-state index contributed by atoms with van der Waals surface area (Å²) in [5.74, 6) is 1.34. The van der Waals surface area contributed by atoms with Gasteiger partial charge in [-0.25, -0.2) is 4.98 Å². The number of fused-ring (bicyclic) bond motifs is 1. The first-order valence-corrected chi connectivity index (χ1v) is 9.40. The van der Waals surface area contributed by atoms with Crippen LogP contribution < -0.4 is 5.32 Å². The predicted molar refractivity (Wildman–Crippen MR) is 98.8 cm³/mol. The van der Waals surface area contributed by atoms with Gasteiger partial charge in [-0.05, 0) is 62.8 Å². The maximum Gasteiger partial charge on any atom is 0.240 e. The lowest BCUT2D eigenvalue weighted by atomic mass is 9.93. The molecule has 2 atom stereocenters. The van der Waals surface area contributed by atoms with Gasteiger partial charge in [0.15, 0.2) is 0 Å². The molecule has 0 spiro atoms. The first-order valence-electron chi connectivity index (χ1n) is 9.40. The molecule has 3 N–H and O–H groups in total. The highest BCUT2D eigenvalue weighted by Crippen LogP contribution is 2.31. The molecule has 3 heterocycles. The van der Waals surface area contributed by atoms with Crippen LogP contribution in [0, 0.1) is 13.8 Å². The number of phenols is 1. The number of nitrogens with zero attached hydrogens (tertiary/aromatic N) is 2. The maximum absolute atomic E-state index is 13.3. The van der Waals surface area contributed by atoms with E-state index < -0.39 is 0 Å². The molecule has 2 aliphatic heterocycles. The number of carbonyl (C=O) groups is 1. The predicted octanol–water partition coefficient (Wildman–Crippen LogP) is 2.50. The molecule has 1 fully saturated rings. The van der Waals surface area contributed by atoms with Gasteiger partial charge in [-0.3, -0.25) is 4.79 Å². The van der Waals surface area contributed by atoms with Crippen molar-refractivity contribution in [2.45, 2.75) is 58.2 Å². The van der Waals surface area contributed by atoms with Crippen LogP contribution >= 0.6 is 0 Å². The van der Waals surface area contributed by atoms with Crippen molar-refractivity contribution in [1.29, 1.82) is 0 Å². The summed E-state index contributed by atoms with van der Waals surface area (Å²) in [5, 5.41) is 13.0. The molecule has 0 unspecified atom stereocenters. The Kier molecular flexibility index (Phi) is 4.44. The number of hydrogen-bond acceptors (Lipinski definition) is 4. The molecular weight excluding hydrogens is 328 g/mol. The molecule has 6 nitrogen and oxygen atoms in total. The number of H-pyrrole nitrogens is 1. The van der Waals surface area contributed by atoms with Crippen LogP contribution in [0.1, 0.15) is 53.6 Å². The van der Waals surface area contributed by atoms with Gasteiger partial charge in [0.05, 0.1) is 17.8 Å². The molecule has 1 aromatic heterocycles. The van der Waals surface area contributed by atoms with E-state index in [2.05, 4.69) is 15.3 Å². The summed E-state index contributed by atoms with van der Waals surface area (Å²) in [6.07, 6.45) is 3.77. The zero-order chi connectivity index (χ0) is 18.3. The molecule has 1 saturated heterocycles. The number of hydrogen-bond donors (Lipinski definition) is 3. The van der Waals surface area contributed by atoms with Crippen LogP contribution in [-0.4, -0.2) is 38.5 Å². The SMILES string of the molecule is Cc1nc([C@@H]2CCCCN2C(=O)[C@@H]2Cc3ccc(O)cc3CN2)[nH]c1C. The first-order chi connectivity index (χ1) is 12.5. The molecule has 0 radical (unpaired) electrons. The summed E-state index contributed by atoms with van der Waals surface area (Å²) in [6.45, 7) is 5.41. The quantitative estimate of drug-likeness (QED) is 0.774. The highest BCUT2D eigenvalue weighted by atomic mass is 16.3. The van der Waals surface area contributed by atoms with Gasteiger partial charge in [0.25, 0.3) is 0 Å². The Morgan fingerprint density at radius 1 is 1.27 bits per heavy atom. The lowest BCUT2D eigenvalue weighted by molar-refractivity contribution is -0.137. The van der Waals surface area contributed by atoms with Crippen LogP contribution in [0.3, 0.4) is 0 Å². The summed E-state index contributed by atoms with van der Waals surface area (Å²) in [7, 11) is 0. The standard InChI is InChI=1S/C20H26N4O2/c1-12-13(2)23-19(22-12)18-5-3-4-8-24(18)20(26)17-10-14-6-7-16(25)9-15(14)11-21-17/h6-7,9,17-18,21,25H,3-5,8,10-11H2,1-2H3,(H,22,23)/t17-,18-/m0/s1. The molecule has 0 saturated carbocycles. The third kappa shape index (κ3) is 3.09. The Bertz CT molecular complexity index is 810. The van der Waals surface area contributed by atoms with Crippen LogP contribution in [0.5, 0.6) is 5.75 Å². The smallest absolute Gasteiger partial charge is 0.240 e. The number of imidazole rings is 1. The van der Waals surface area contributed by atoms with E-state index in [4.69, 9.17) is 0 Å². The Labute approximate surface area is 153 Å². The minimum atomic E-state index is -0.218. The molecular formula is C20H26N4O2. The number of benzene rings is 1. The number of aryl methyl sites for hydroxylation is 2. The number of likely N-dealkylation sites (tertiary alicyclic amines) is 1. The number of rotatable bonds is 2. The normalized spacial score (nSPS) is 22.9. The summed E-state index contributed by atoms with van der Waals surface area (Å²) in [5.41, 5.74) is 4.28. The molecule has 0 aliphatic carbocycles. The Balaban J connectivity index is 1.55. The van der Waals surface area contributed by atoms with E-state index in [1.807, 2.05) is 24.8 Å². The fourth-order valence-electron chi connectivity index (χ4n) is 4.09. The van der Waals surface area contributed by atoms with Gasteiger partial charge in [0.2, 0.25) is 5.91 Å². The lowest BCUT2D eigenvalue weighted by Crippen LogP contribution is -2.51. The van der Waals surface area contributed by atoms with E-state index in [-0.39, 0.29) is 23.7 Å². The molecule has 4 rings (SSSR count). The van der Waals surface area contributed by atoms with E-state index in [0.29, 0.717) is 13.0 Å².